The van der Waals surface area contributed by atoms with Crippen molar-refractivity contribution in [2.75, 3.05) is 0 Å². The van der Waals surface area contributed by atoms with Crippen molar-refractivity contribution in [3.63, 3.8) is 0 Å². The van der Waals surface area contributed by atoms with Crippen molar-refractivity contribution < 1.29 is 4.79 Å². The Morgan fingerprint density at radius 3 is 2.53 bits per heavy atom. The maximum Gasteiger partial charge on any atom is 0.261 e. The highest BCUT2D eigenvalue weighted by molar-refractivity contribution is 7.14. The van der Waals surface area contributed by atoms with Crippen LogP contribution < -0.4 is 5.32 Å². The molecule has 1 N–H and O–H groups in total. The van der Waals surface area contributed by atoms with Crippen LogP contribution >= 0.6 is 11.3 Å². The molecule has 0 saturated heterocycles. The minimum Gasteiger partial charge on any atom is -0.347 e. The highest BCUT2D eigenvalue weighted by Crippen LogP contribution is 2.20. The lowest BCUT2D eigenvalue weighted by Crippen LogP contribution is -2.21. The molecule has 2 aromatic rings. The van der Waals surface area contributed by atoms with Gasteiger partial charge in [-0.15, -0.1) is 11.3 Å². The number of thiophene rings is 1. The fraction of sp³-hybridized carbons (Fsp3) is 0.214. The first-order chi connectivity index (χ1) is 8.16. The molecule has 0 aliphatic rings. The third-order valence-electron chi connectivity index (χ3n) is 2.69. The molecule has 0 unspecified atom stereocenters. The van der Waals surface area contributed by atoms with Crippen molar-refractivity contribution >= 4 is 17.2 Å². The van der Waals surface area contributed by atoms with Gasteiger partial charge in [0.25, 0.3) is 5.91 Å². The predicted molar refractivity (Wildman–Crippen MR) is 71.4 cm³/mol. The first-order valence-corrected chi connectivity index (χ1v) is 6.37. The Kier molecular flexibility index (Phi) is 3.59. The molecule has 0 atom stereocenters. The largest absolute Gasteiger partial charge is 0.347 e. The second-order valence-corrected chi connectivity index (χ2v) is 5.27. The third-order valence-corrected chi connectivity index (χ3v) is 3.84. The molecular weight excluding hydrogens is 230 g/mol. The van der Waals surface area contributed by atoms with Gasteiger partial charge in [0, 0.05) is 11.4 Å². The van der Waals surface area contributed by atoms with E-state index < -0.39 is 0 Å². The minimum atomic E-state index is 0.00931. The van der Waals surface area contributed by atoms with Crippen LogP contribution in [0.2, 0.25) is 0 Å². The number of rotatable bonds is 3. The van der Waals surface area contributed by atoms with E-state index in [-0.39, 0.29) is 5.91 Å². The molecule has 1 aromatic heterocycles. The Hall–Kier alpha value is -1.61. The second-order valence-electron chi connectivity index (χ2n) is 4.02. The maximum atomic E-state index is 11.9. The number of hydrogen-bond donors (Lipinski definition) is 1. The Labute approximate surface area is 105 Å². The van der Waals surface area contributed by atoms with Crippen LogP contribution in [-0.2, 0) is 6.54 Å². The lowest BCUT2D eigenvalue weighted by molar-refractivity contribution is 0.0955. The molecule has 0 radical (unpaired) electrons. The Morgan fingerprint density at radius 2 is 1.94 bits per heavy atom. The molecule has 88 valence electrons. The van der Waals surface area contributed by atoms with Crippen LogP contribution in [0.4, 0.5) is 0 Å². The summed E-state index contributed by atoms with van der Waals surface area (Å²) >= 11 is 1.55. The van der Waals surface area contributed by atoms with E-state index in [1.165, 1.54) is 10.4 Å². The normalized spacial score (nSPS) is 10.2. The number of amides is 1. The lowest BCUT2D eigenvalue weighted by atomic mass is 10.2. The summed E-state index contributed by atoms with van der Waals surface area (Å²) < 4.78 is 0. The molecule has 1 amide bonds. The molecule has 0 bridgehead atoms. The van der Waals surface area contributed by atoms with Gasteiger partial charge in [-0.2, -0.15) is 0 Å². The van der Waals surface area contributed by atoms with Crippen LogP contribution in [0.3, 0.4) is 0 Å². The standard InChI is InChI=1S/C14H15NOS/c1-10-8-13(17-11(10)2)14(16)15-9-12-6-4-3-5-7-12/h3-8H,9H2,1-2H3,(H,15,16). The molecule has 0 fully saturated rings. The maximum absolute atomic E-state index is 11.9. The van der Waals surface area contributed by atoms with Gasteiger partial charge in [0.1, 0.15) is 0 Å². The van der Waals surface area contributed by atoms with E-state index in [1.54, 1.807) is 11.3 Å². The number of nitrogens with one attached hydrogen (secondary N) is 1. The van der Waals surface area contributed by atoms with Gasteiger partial charge in [-0.1, -0.05) is 30.3 Å². The fourth-order valence-corrected chi connectivity index (χ4v) is 2.50. The summed E-state index contributed by atoms with van der Waals surface area (Å²) in [6.07, 6.45) is 0. The van der Waals surface area contributed by atoms with Crippen molar-refractivity contribution in [3.8, 4) is 0 Å². The molecule has 0 saturated carbocycles. The molecular formula is C14H15NOS. The van der Waals surface area contributed by atoms with E-state index in [0.29, 0.717) is 6.54 Å². The number of aryl methyl sites for hydroxylation is 2. The van der Waals surface area contributed by atoms with E-state index in [9.17, 15) is 4.79 Å². The Bertz CT molecular complexity index is 497. The van der Waals surface area contributed by atoms with Gasteiger partial charge >= 0.3 is 0 Å². The summed E-state index contributed by atoms with van der Waals surface area (Å²) in [5.74, 6) is 0.00931. The second kappa shape index (κ2) is 5.15. The van der Waals surface area contributed by atoms with Gasteiger partial charge in [-0.25, -0.2) is 0 Å². The van der Waals surface area contributed by atoms with Crippen LogP contribution in [-0.4, -0.2) is 5.91 Å². The van der Waals surface area contributed by atoms with Gasteiger partial charge in [0.2, 0.25) is 0 Å². The molecule has 2 rings (SSSR count). The zero-order valence-corrected chi connectivity index (χ0v) is 10.8. The molecule has 1 aromatic carbocycles. The first-order valence-electron chi connectivity index (χ1n) is 5.56. The monoisotopic (exact) mass is 245 g/mol. The molecule has 0 spiro atoms. The molecule has 0 aliphatic carbocycles. The Morgan fingerprint density at radius 1 is 1.24 bits per heavy atom. The zero-order chi connectivity index (χ0) is 12.3. The van der Waals surface area contributed by atoms with E-state index in [0.717, 1.165) is 10.4 Å². The molecule has 17 heavy (non-hydrogen) atoms. The van der Waals surface area contributed by atoms with E-state index in [4.69, 9.17) is 0 Å². The number of carbonyl (C=O) groups is 1. The molecule has 1 heterocycles. The summed E-state index contributed by atoms with van der Waals surface area (Å²) in [7, 11) is 0. The fourth-order valence-electron chi connectivity index (χ4n) is 1.55. The van der Waals surface area contributed by atoms with Gasteiger partial charge in [-0.05, 0) is 31.0 Å². The average Bonchev–Trinajstić information content (AvgIpc) is 2.68. The summed E-state index contributed by atoms with van der Waals surface area (Å²) in [6, 6.07) is 11.9. The van der Waals surface area contributed by atoms with Crippen LogP contribution in [0, 0.1) is 13.8 Å². The van der Waals surface area contributed by atoms with Gasteiger partial charge in [-0.3, -0.25) is 4.79 Å². The number of carbonyl (C=O) groups excluding carboxylic acids is 1. The smallest absolute Gasteiger partial charge is 0.261 e. The van der Waals surface area contributed by atoms with Gasteiger partial charge in [0.15, 0.2) is 0 Å². The highest BCUT2D eigenvalue weighted by atomic mass is 32.1. The minimum absolute atomic E-state index is 0.00931. The Balaban J connectivity index is 1.98. The highest BCUT2D eigenvalue weighted by Gasteiger charge is 2.09. The quantitative estimate of drug-likeness (QED) is 0.883. The summed E-state index contributed by atoms with van der Waals surface area (Å²) in [5.41, 5.74) is 2.30. The van der Waals surface area contributed by atoms with Crippen molar-refractivity contribution in [2.45, 2.75) is 20.4 Å². The molecule has 3 heteroatoms. The SMILES string of the molecule is Cc1cc(C(=O)NCc2ccccc2)sc1C. The van der Waals surface area contributed by atoms with Crippen LogP contribution in [0.1, 0.15) is 25.7 Å². The topological polar surface area (TPSA) is 29.1 Å². The first kappa shape index (κ1) is 11.9. The van der Waals surface area contributed by atoms with Gasteiger partial charge in [0.05, 0.1) is 4.88 Å². The number of hydrogen-bond acceptors (Lipinski definition) is 2. The zero-order valence-electron chi connectivity index (χ0n) is 9.99. The van der Waals surface area contributed by atoms with Crippen LogP contribution in [0.25, 0.3) is 0 Å². The van der Waals surface area contributed by atoms with Crippen molar-refractivity contribution in [2.24, 2.45) is 0 Å². The van der Waals surface area contributed by atoms with Crippen molar-refractivity contribution in [3.05, 3.63) is 57.3 Å². The molecule has 2 nitrogen and oxygen atoms in total. The lowest BCUT2D eigenvalue weighted by Gasteiger charge is -2.03. The van der Waals surface area contributed by atoms with Gasteiger partial charge < -0.3 is 5.32 Å². The van der Waals surface area contributed by atoms with E-state index in [1.807, 2.05) is 50.2 Å². The van der Waals surface area contributed by atoms with E-state index >= 15 is 0 Å². The predicted octanol–water partition coefficient (Wildman–Crippen LogP) is 3.29. The number of benzene rings is 1. The summed E-state index contributed by atoms with van der Waals surface area (Å²) in [6.45, 7) is 4.64. The van der Waals surface area contributed by atoms with Crippen LogP contribution in [0.15, 0.2) is 36.4 Å². The average molecular weight is 245 g/mol. The van der Waals surface area contributed by atoms with Crippen molar-refractivity contribution in [1.82, 2.24) is 5.32 Å². The van der Waals surface area contributed by atoms with E-state index in [2.05, 4.69) is 5.32 Å². The van der Waals surface area contributed by atoms with Crippen LogP contribution in [0.5, 0.6) is 0 Å². The van der Waals surface area contributed by atoms with Crippen molar-refractivity contribution in [1.29, 1.82) is 0 Å². The summed E-state index contributed by atoms with van der Waals surface area (Å²) in [4.78, 5) is 13.9. The third kappa shape index (κ3) is 2.94. The molecule has 0 aliphatic heterocycles. The summed E-state index contributed by atoms with van der Waals surface area (Å²) in [5, 5.41) is 2.93.